The molecule has 1 aliphatic rings. The Bertz CT molecular complexity index is 708. The molecule has 1 saturated carbocycles. The van der Waals surface area contributed by atoms with E-state index >= 15 is 0 Å². The Kier molecular flexibility index (Phi) is 4.62. The molecule has 1 fully saturated rings. The topological polar surface area (TPSA) is 88.2 Å². The quantitative estimate of drug-likeness (QED) is 0.809. The summed E-state index contributed by atoms with van der Waals surface area (Å²) in [6.07, 6.45) is 2.76. The van der Waals surface area contributed by atoms with Crippen molar-refractivity contribution in [1.29, 1.82) is 0 Å². The van der Waals surface area contributed by atoms with Gasteiger partial charge in [0.1, 0.15) is 11.4 Å². The van der Waals surface area contributed by atoms with Gasteiger partial charge in [0.15, 0.2) is 5.82 Å². The van der Waals surface area contributed by atoms with E-state index in [9.17, 15) is 14.3 Å². The van der Waals surface area contributed by atoms with Crippen molar-refractivity contribution in [1.82, 2.24) is 15.5 Å². The number of rotatable bonds is 7. The molecule has 0 spiro atoms. The molecule has 2 aromatic rings. The van der Waals surface area contributed by atoms with Crippen molar-refractivity contribution >= 4 is 5.91 Å². The van der Waals surface area contributed by atoms with Crippen LogP contribution in [0.3, 0.4) is 0 Å². The first kappa shape index (κ1) is 16.6. The second-order valence-corrected chi connectivity index (χ2v) is 6.38. The second-order valence-electron chi connectivity index (χ2n) is 6.38. The van der Waals surface area contributed by atoms with Crippen LogP contribution in [-0.4, -0.2) is 27.7 Å². The van der Waals surface area contributed by atoms with Crippen molar-refractivity contribution in [2.75, 3.05) is 6.54 Å². The largest absolute Gasteiger partial charge is 0.384 e. The maximum absolute atomic E-state index is 12.9. The molecule has 1 unspecified atom stereocenters. The van der Waals surface area contributed by atoms with Gasteiger partial charge in [-0.15, -0.1) is 0 Å². The molecule has 1 amide bonds. The summed E-state index contributed by atoms with van der Waals surface area (Å²) in [6.45, 7) is 1.61. The van der Waals surface area contributed by atoms with E-state index in [-0.39, 0.29) is 24.7 Å². The number of benzene rings is 1. The van der Waals surface area contributed by atoms with Crippen LogP contribution in [0.25, 0.3) is 0 Å². The lowest BCUT2D eigenvalue weighted by atomic mass is 9.96. The van der Waals surface area contributed by atoms with E-state index < -0.39 is 5.60 Å². The third-order valence-corrected chi connectivity index (χ3v) is 4.09. The Labute approximate surface area is 139 Å². The van der Waals surface area contributed by atoms with Crippen LogP contribution >= 0.6 is 0 Å². The predicted octanol–water partition coefficient (Wildman–Crippen LogP) is 2.04. The lowest BCUT2D eigenvalue weighted by Crippen LogP contribution is -2.38. The van der Waals surface area contributed by atoms with Crippen LogP contribution in [0.15, 0.2) is 28.8 Å². The summed E-state index contributed by atoms with van der Waals surface area (Å²) in [4.78, 5) is 16.2. The minimum absolute atomic E-state index is 0.0363. The number of nitrogens with zero attached hydrogens (tertiary/aromatic N) is 2. The number of halogens is 1. The molecule has 3 rings (SSSR count). The molecule has 0 radical (unpaired) electrons. The first-order chi connectivity index (χ1) is 11.4. The molecule has 128 valence electrons. The Morgan fingerprint density at radius 3 is 2.79 bits per heavy atom. The fourth-order valence-corrected chi connectivity index (χ4v) is 2.37. The summed E-state index contributed by atoms with van der Waals surface area (Å²) >= 11 is 0. The van der Waals surface area contributed by atoms with Gasteiger partial charge in [-0.2, -0.15) is 4.98 Å². The highest BCUT2D eigenvalue weighted by Crippen LogP contribution is 2.38. The van der Waals surface area contributed by atoms with Crippen LogP contribution < -0.4 is 5.32 Å². The molecule has 6 nitrogen and oxygen atoms in total. The second kappa shape index (κ2) is 6.68. The molecule has 7 heteroatoms. The Morgan fingerprint density at radius 1 is 1.42 bits per heavy atom. The van der Waals surface area contributed by atoms with Gasteiger partial charge >= 0.3 is 0 Å². The van der Waals surface area contributed by atoms with E-state index in [4.69, 9.17) is 4.52 Å². The number of hydrogen-bond acceptors (Lipinski definition) is 5. The number of aromatic nitrogens is 2. The molecule has 1 aromatic heterocycles. The minimum Gasteiger partial charge on any atom is -0.384 e. The fraction of sp³-hybridized carbons (Fsp3) is 0.471. The van der Waals surface area contributed by atoms with E-state index in [1.54, 1.807) is 6.92 Å². The lowest BCUT2D eigenvalue weighted by Gasteiger charge is -2.24. The van der Waals surface area contributed by atoms with Gasteiger partial charge in [0.05, 0.1) is 6.54 Å². The number of amides is 1. The number of aryl methyl sites for hydroxylation is 1. The van der Waals surface area contributed by atoms with Gasteiger partial charge in [0.25, 0.3) is 0 Å². The van der Waals surface area contributed by atoms with Crippen LogP contribution in [0.5, 0.6) is 0 Å². The minimum atomic E-state index is -1.27. The van der Waals surface area contributed by atoms with Gasteiger partial charge in [0.2, 0.25) is 11.8 Å². The Balaban J connectivity index is 1.46. The van der Waals surface area contributed by atoms with Gasteiger partial charge < -0.3 is 14.9 Å². The SMILES string of the molecule is CC(O)(CNC(=O)CCc1nc(C2CC2)no1)c1ccc(F)cc1. The van der Waals surface area contributed by atoms with Crippen molar-refractivity contribution in [3.8, 4) is 0 Å². The van der Waals surface area contributed by atoms with Crippen molar-refractivity contribution in [3.05, 3.63) is 47.4 Å². The van der Waals surface area contributed by atoms with Crippen LogP contribution in [0.1, 0.15) is 49.4 Å². The zero-order valence-corrected chi connectivity index (χ0v) is 13.5. The number of carbonyl (C=O) groups is 1. The van der Waals surface area contributed by atoms with E-state index in [1.165, 1.54) is 24.3 Å². The molecule has 0 bridgehead atoms. The molecule has 2 N–H and O–H groups in total. The molecule has 24 heavy (non-hydrogen) atoms. The van der Waals surface area contributed by atoms with Gasteiger partial charge in [-0.05, 0) is 37.5 Å². The maximum Gasteiger partial charge on any atom is 0.227 e. The molecule has 1 aliphatic carbocycles. The summed E-state index contributed by atoms with van der Waals surface area (Å²) < 4.78 is 18.1. The van der Waals surface area contributed by atoms with Crippen molar-refractivity contribution in [2.24, 2.45) is 0 Å². The summed E-state index contributed by atoms with van der Waals surface area (Å²) in [6, 6.07) is 5.55. The van der Waals surface area contributed by atoms with Crippen molar-refractivity contribution < 1.29 is 18.8 Å². The highest BCUT2D eigenvalue weighted by Gasteiger charge is 2.29. The lowest BCUT2D eigenvalue weighted by molar-refractivity contribution is -0.122. The first-order valence-electron chi connectivity index (χ1n) is 8.01. The number of hydrogen-bond donors (Lipinski definition) is 2. The van der Waals surface area contributed by atoms with E-state index in [2.05, 4.69) is 15.5 Å². The summed E-state index contributed by atoms with van der Waals surface area (Å²) in [7, 11) is 0. The zero-order valence-electron chi connectivity index (χ0n) is 13.5. The number of carbonyl (C=O) groups excluding carboxylic acids is 1. The summed E-state index contributed by atoms with van der Waals surface area (Å²) in [5.74, 6) is 1.01. The normalized spacial score (nSPS) is 16.6. The van der Waals surface area contributed by atoms with Gasteiger partial charge in [-0.25, -0.2) is 4.39 Å². The molecule has 1 aromatic carbocycles. The first-order valence-corrected chi connectivity index (χ1v) is 8.01. The number of aliphatic hydroxyl groups is 1. The molecule has 0 saturated heterocycles. The van der Waals surface area contributed by atoms with Gasteiger partial charge in [-0.3, -0.25) is 4.79 Å². The van der Waals surface area contributed by atoms with Crippen LogP contribution in [0, 0.1) is 5.82 Å². The summed E-state index contributed by atoms with van der Waals surface area (Å²) in [5, 5.41) is 17.0. The smallest absolute Gasteiger partial charge is 0.227 e. The average Bonchev–Trinajstić information content (AvgIpc) is 3.30. The van der Waals surface area contributed by atoms with Gasteiger partial charge in [-0.1, -0.05) is 17.3 Å². The monoisotopic (exact) mass is 333 g/mol. The standard InChI is InChI=1S/C17H20FN3O3/c1-17(23,12-4-6-13(18)7-5-12)10-19-14(22)8-9-15-20-16(21-24-15)11-2-3-11/h4-7,11,23H,2-3,8-10H2,1H3,(H,19,22). The van der Waals surface area contributed by atoms with Gasteiger partial charge in [0, 0.05) is 18.8 Å². The molecular weight excluding hydrogens is 313 g/mol. The van der Waals surface area contributed by atoms with Crippen molar-refractivity contribution in [2.45, 2.75) is 44.1 Å². The van der Waals surface area contributed by atoms with Crippen LogP contribution in [0.4, 0.5) is 4.39 Å². The van der Waals surface area contributed by atoms with E-state index in [0.717, 1.165) is 18.7 Å². The zero-order chi connectivity index (χ0) is 17.2. The van der Waals surface area contributed by atoms with E-state index in [1.807, 2.05) is 0 Å². The van der Waals surface area contributed by atoms with Crippen molar-refractivity contribution in [3.63, 3.8) is 0 Å². The summed E-state index contributed by atoms with van der Waals surface area (Å²) in [5.41, 5.74) is -0.734. The Morgan fingerprint density at radius 2 is 2.12 bits per heavy atom. The highest BCUT2D eigenvalue weighted by atomic mass is 19.1. The van der Waals surface area contributed by atoms with Crippen LogP contribution in [0.2, 0.25) is 0 Å². The molecule has 0 aliphatic heterocycles. The maximum atomic E-state index is 12.9. The highest BCUT2D eigenvalue weighted by molar-refractivity contribution is 5.76. The average molecular weight is 333 g/mol. The fourth-order valence-electron chi connectivity index (χ4n) is 2.37. The molecular formula is C17H20FN3O3. The van der Waals surface area contributed by atoms with Crippen LogP contribution in [-0.2, 0) is 16.8 Å². The number of nitrogens with one attached hydrogen (secondary N) is 1. The third kappa shape index (κ3) is 4.17. The predicted molar refractivity (Wildman–Crippen MR) is 83.6 cm³/mol. The van der Waals surface area contributed by atoms with E-state index in [0.29, 0.717) is 23.8 Å². The Hall–Kier alpha value is -2.28. The molecule has 1 heterocycles. The third-order valence-electron chi connectivity index (χ3n) is 4.09. The molecule has 1 atom stereocenters.